The van der Waals surface area contributed by atoms with Crippen molar-refractivity contribution in [2.45, 2.75) is 27.2 Å². The Morgan fingerprint density at radius 3 is 2.73 bits per heavy atom. The Bertz CT molecular complexity index is 469. The van der Waals surface area contributed by atoms with Gasteiger partial charge in [0, 0.05) is 11.8 Å². The highest BCUT2D eigenvalue weighted by Crippen LogP contribution is 2.13. The second kappa shape index (κ2) is 3.89. The third-order valence-electron chi connectivity index (χ3n) is 2.50. The molecular weight excluding hydrogens is 184 g/mol. The van der Waals surface area contributed by atoms with Crippen molar-refractivity contribution in [1.29, 1.82) is 0 Å². The Labute approximate surface area is 90.6 Å². The topological polar surface area (TPSA) is 17.8 Å². The highest BCUT2D eigenvalue weighted by Gasteiger charge is 2.03. The largest absolute Gasteiger partial charge is 0.237 e. The summed E-state index contributed by atoms with van der Waals surface area (Å²) in [5.74, 6) is 0. The van der Waals surface area contributed by atoms with Crippen LogP contribution in [-0.2, 0) is 6.42 Å². The highest BCUT2D eigenvalue weighted by atomic mass is 15.3. The van der Waals surface area contributed by atoms with Crippen LogP contribution in [0, 0.1) is 19.9 Å². The Hall–Kier alpha value is -1.57. The van der Waals surface area contributed by atoms with Gasteiger partial charge in [-0.05, 0) is 38.0 Å². The Balaban J connectivity index is 2.49. The Kier molecular flexibility index (Phi) is 2.58. The van der Waals surface area contributed by atoms with Gasteiger partial charge in [-0.3, -0.25) is 0 Å². The number of aryl methyl sites for hydroxylation is 3. The fraction of sp³-hybridized carbons (Fsp3) is 0.308. The molecule has 0 saturated heterocycles. The smallest absolute Gasteiger partial charge is 0.0730 e. The molecule has 15 heavy (non-hydrogen) atoms. The first-order valence-electron chi connectivity index (χ1n) is 5.25. The third kappa shape index (κ3) is 1.94. The van der Waals surface area contributed by atoms with Crippen molar-refractivity contribution in [2.75, 3.05) is 0 Å². The van der Waals surface area contributed by atoms with Crippen LogP contribution in [0.4, 0.5) is 0 Å². The first-order valence-corrected chi connectivity index (χ1v) is 5.25. The van der Waals surface area contributed by atoms with E-state index >= 15 is 0 Å². The maximum atomic E-state index is 4.44. The summed E-state index contributed by atoms with van der Waals surface area (Å²) in [6.45, 7) is 6.22. The van der Waals surface area contributed by atoms with E-state index in [0.717, 1.165) is 23.5 Å². The van der Waals surface area contributed by atoms with Gasteiger partial charge in [-0.2, -0.15) is 5.10 Å². The predicted molar refractivity (Wildman–Crippen MR) is 61.3 cm³/mol. The molecule has 0 aliphatic heterocycles. The molecule has 0 amide bonds. The van der Waals surface area contributed by atoms with E-state index in [2.05, 4.69) is 43.2 Å². The van der Waals surface area contributed by atoms with Crippen LogP contribution in [0.15, 0.2) is 24.3 Å². The molecule has 1 heterocycles. The number of hydrogen-bond donors (Lipinski definition) is 0. The first kappa shape index (κ1) is 9.97. The van der Waals surface area contributed by atoms with Gasteiger partial charge in [-0.15, -0.1) is 0 Å². The third-order valence-corrected chi connectivity index (χ3v) is 2.50. The van der Waals surface area contributed by atoms with Crippen molar-refractivity contribution in [3.05, 3.63) is 47.3 Å². The van der Waals surface area contributed by atoms with Crippen LogP contribution in [0.25, 0.3) is 5.69 Å². The van der Waals surface area contributed by atoms with E-state index in [9.17, 15) is 0 Å². The van der Waals surface area contributed by atoms with Crippen molar-refractivity contribution in [3.63, 3.8) is 0 Å². The fourth-order valence-electron chi connectivity index (χ4n) is 1.71. The van der Waals surface area contributed by atoms with Gasteiger partial charge in [0.1, 0.15) is 0 Å². The fourth-order valence-corrected chi connectivity index (χ4v) is 1.71. The van der Waals surface area contributed by atoms with E-state index in [4.69, 9.17) is 0 Å². The van der Waals surface area contributed by atoms with Crippen LogP contribution < -0.4 is 0 Å². The van der Waals surface area contributed by atoms with E-state index in [0.29, 0.717) is 0 Å². The van der Waals surface area contributed by atoms with Gasteiger partial charge in [0.2, 0.25) is 0 Å². The molecule has 2 rings (SSSR count). The molecule has 0 aliphatic rings. The summed E-state index contributed by atoms with van der Waals surface area (Å²) in [5.41, 5.74) is 4.54. The van der Waals surface area contributed by atoms with Gasteiger partial charge in [-0.1, -0.05) is 19.1 Å². The van der Waals surface area contributed by atoms with Crippen LogP contribution >= 0.6 is 0 Å². The van der Waals surface area contributed by atoms with E-state index in [1.54, 1.807) is 0 Å². The first-order chi connectivity index (χ1) is 7.20. The van der Waals surface area contributed by atoms with Crippen molar-refractivity contribution in [2.24, 2.45) is 0 Å². The lowest BCUT2D eigenvalue weighted by Crippen LogP contribution is -1.99. The normalized spacial score (nSPS) is 10.6. The molecule has 2 nitrogen and oxygen atoms in total. The van der Waals surface area contributed by atoms with Crippen LogP contribution in [-0.4, -0.2) is 9.78 Å². The minimum atomic E-state index is 1.03. The van der Waals surface area contributed by atoms with Gasteiger partial charge in [0.15, 0.2) is 0 Å². The van der Waals surface area contributed by atoms with E-state index in [1.807, 2.05) is 17.7 Å². The summed E-state index contributed by atoms with van der Waals surface area (Å²) < 4.78 is 1.94. The van der Waals surface area contributed by atoms with Crippen molar-refractivity contribution in [3.8, 4) is 5.69 Å². The van der Waals surface area contributed by atoms with Gasteiger partial charge in [-0.25, -0.2) is 4.68 Å². The molecule has 0 atom stereocenters. The maximum Gasteiger partial charge on any atom is 0.0730 e. The molecule has 2 aromatic rings. The molecular formula is C13H15N2. The second-order valence-corrected chi connectivity index (χ2v) is 3.77. The summed E-state index contributed by atoms with van der Waals surface area (Å²) in [6.07, 6.45) is 1.04. The molecule has 1 aromatic heterocycles. The molecule has 0 spiro atoms. The van der Waals surface area contributed by atoms with Gasteiger partial charge in [0.25, 0.3) is 0 Å². The van der Waals surface area contributed by atoms with Gasteiger partial charge >= 0.3 is 0 Å². The summed E-state index contributed by atoms with van der Waals surface area (Å²) in [5, 5.41) is 4.44. The molecule has 1 aromatic carbocycles. The van der Waals surface area contributed by atoms with Crippen LogP contribution in [0.1, 0.15) is 23.9 Å². The van der Waals surface area contributed by atoms with E-state index < -0.39 is 0 Å². The maximum absolute atomic E-state index is 4.44. The number of rotatable bonds is 2. The van der Waals surface area contributed by atoms with E-state index in [1.165, 1.54) is 5.56 Å². The molecule has 0 saturated carbocycles. The van der Waals surface area contributed by atoms with Crippen molar-refractivity contribution < 1.29 is 0 Å². The number of benzene rings is 1. The molecule has 0 fully saturated rings. The molecule has 0 aliphatic carbocycles. The second-order valence-electron chi connectivity index (χ2n) is 3.77. The number of nitrogens with zero attached hydrogens (tertiary/aromatic N) is 2. The number of aromatic nitrogens is 2. The molecule has 0 bridgehead atoms. The minimum Gasteiger partial charge on any atom is -0.237 e. The predicted octanol–water partition coefficient (Wildman–Crippen LogP) is 2.85. The molecule has 2 heteroatoms. The van der Waals surface area contributed by atoms with Crippen LogP contribution in [0.5, 0.6) is 0 Å². The lowest BCUT2D eigenvalue weighted by Gasteiger charge is -2.05. The molecule has 0 unspecified atom stereocenters. The van der Waals surface area contributed by atoms with E-state index in [-0.39, 0.29) is 0 Å². The Morgan fingerprint density at radius 1 is 1.33 bits per heavy atom. The average Bonchev–Trinajstić information content (AvgIpc) is 2.58. The zero-order valence-electron chi connectivity index (χ0n) is 9.41. The molecule has 1 radical (unpaired) electrons. The monoisotopic (exact) mass is 199 g/mol. The summed E-state index contributed by atoms with van der Waals surface area (Å²) >= 11 is 0. The zero-order valence-corrected chi connectivity index (χ0v) is 9.41. The lowest BCUT2D eigenvalue weighted by molar-refractivity contribution is 0.830. The van der Waals surface area contributed by atoms with Crippen LogP contribution in [0.2, 0.25) is 0 Å². The quantitative estimate of drug-likeness (QED) is 0.727. The standard InChI is InChI=1S/C13H15N2/c1-4-12-6-5-7-13(9-12)15-11(3)8-10(2)14-15/h5-6,8-9H,4H2,1-3H3. The van der Waals surface area contributed by atoms with Gasteiger partial charge < -0.3 is 0 Å². The van der Waals surface area contributed by atoms with Crippen molar-refractivity contribution >= 4 is 0 Å². The highest BCUT2D eigenvalue weighted by molar-refractivity contribution is 5.35. The SMILES string of the molecule is CCc1cc[c]c(-n2nc(C)cc2C)c1. The summed E-state index contributed by atoms with van der Waals surface area (Å²) in [6, 6.07) is 11.5. The molecule has 77 valence electrons. The van der Waals surface area contributed by atoms with Crippen molar-refractivity contribution in [1.82, 2.24) is 9.78 Å². The zero-order chi connectivity index (χ0) is 10.8. The Morgan fingerprint density at radius 2 is 2.13 bits per heavy atom. The lowest BCUT2D eigenvalue weighted by atomic mass is 10.1. The van der Waals surface area contributed by atoms with Crippen LogP contribution in [0.3, 0.4) is 0 Å². The average molecular weight is 199 g/mol. The summed E-state index contributed by atoms with van der Waals surface area (Å²) in [4.78, 5) is 0. The van der Waals surface area contributed by atoms with Gasteiger partial charge in [0.05, 0.1) is 11.4 Å². The minimum absolute atomic E-state index is 1.03. The number of hydrogen-bond acceptors (Lipinski definition) is 1. The molecule has 0 N–H and O–H groups in total. The summed E-state index contributed by atoms with van der Waals surface area (Å²) in [7, 11) is 0.